The van der Waals surface area contributed by atoms with Gasteiger partial charge in [0.05, 0.1) is 4.92 Å². The van der Waals surface area contributed by atoms with Crippen LogP contribution in [0.5, 0.6) is 5.75 Å². The molecule has 0 aliphatic rings. The number of rotatable bonds is 6. The lowest BCUT2D eigenvalue weighted by atomic mass is 10.2. The van der Waals surface area contributed by atoms with Crippen molar-refractivity contribution in [3.05, 3.63) is 69.8 Å². The lowest BCUT2D eigenvalue weighted by molar-refractivity contribution is -0.386. The standard InChI is InChI=1S/C14H13NO5S/c16-15(17)13-8-12(10-21(18)19)6-7-14(13)20-9-11-4-2-1-3-5-11/h1-8H,9-10H2,(H,18,19)/p-1. The molecule has 0 bridgehead atoms. The highest BCUT2D eigenvalue weighted by molar-refractivity contribution is 7.78. The van der Waals surface area contributed by atoms with Gasteiger partial charge in [-0.05, 0) is 17.2 Å². The Kier molecular flexibility index (Phi) is 5.02. The number of ether oxygens (including phenoxy) is 1. The molecular formula is C14H12NO5S-. The summed E-state index contributed by atoms with van der Waals surface area (Å²) in [7, 11) is 0. The Morgan fingerprint density at radius 2 is 1.81 bits per heavy atom. The lowest BCUT2D eigenvalue weighted by Crippen LogP contribution is -2.01. The largest absolute Gasteiger partial charge is 0.772 e. The van der Waals surface area contributed by atoms with Gasteiger partial charge in [0.1, 0.15) is 6.61 Å². The maximum Gasteiger partial charge on any atom is 0.311 e. The monoisotopic (exact) mass is 306 g/mol. The first-order valence-corrected chi connectivity index (χ1v) is 7.30. The highest BCUT2D eigenvalue weighted by Gasteiger charge is 2.16. The SMILES string of the molecule is O=[N+]([O-])c1cc(CS(=O)[O-])ccc1OCc1ccccc1. The normalized spacial score (nSPS) is 11.9. The van der Waals surface area contributed by atoms with Crippen LogP contribution in [0, 0.1) is 10.1 Å². The third kappa shape index (κ3) is 4.37. The molecule has 0 saturated carbocycles. The van der Waals surface area contributed by atoms with Gasteiger partial charge in [-0.2, -0.15) is 0 Å². The molecule has 0 aliphatic carbocycles. The number of hydrogen-bond acceptors (Lipinski definition) is 5. The molecule has 2 rings (SSSR count). The molecule has 0 aliphatic heterocycles. The summed E-state index contributed by atoms with van der Waals surface area (Å²) in [6.45, 7) is 0.203. The van der Waals surface area contributed by atoms with E-state index >= 15 is 0 Å². The Morgan fingerprint density at radius 1 is 1.10 bits per heavy atom. The Balaban J connectivity index is 2.18. The van der Waals surface area contributed by atoms with Crippen molar-refractivity contribution < 1.29 is 18.4 Å². The molecule has 0 N–H and O–H groups in total. The zero-order valence-corrected chi connectivity index (χ0v) is 11.7. The van der Waals surface area contributed by atoms with E-state index in [1.807, 2.05) is 30.3 Å². The molecule has 1 unspecified atom stereocenters. The van der Waals surface area contributed by atoms with Crippen LogP contribution in [0.2, 0.25) is 0 Å². The van der Waals surface area contributed by atoms with Crippen LogP contribution < -0.4 is 4.74 Å². The van der Waals surface area contributed by atoms with Crippen molar-refractivity contribution in [1.29, 1.82) is 0 Å². The van der Waals surface area contributed by atoms with E-state index < -0.39 is 16.0 Å². The van der Waals surface area contributed by atoms with Gasteiger partial charge < -0.3 is 9.29 Å². The maximum absolute atomic E-state index is 11.0. The van der Waals surface area contributed by atoms with E-state index in [-0.39, 0.29) is 23.8 Å². The van der Waals surface area contributed by atoms with Crippen molar-refractivity contribution in [3.63, 3.8) is 0 Å². The molecule has 0 radical (unpaired) electrons. The molecule has 0 heterocycles. The van der Waals surface area contributed by atoms with Crippen LogP contribution >= 0.6 is 0 Å². The van der Waals surface area contributed by atoms with Gasteiger partial charge in [0.2, 0.25) is 0 Å². The summed E-state index contributed by atoms with van der Waals surface area (Å²) in [5.74, 6) is -0.149. The highest BCUT2D eigenvalue weighted by Crippen LogP contribution is 2.29. The number of nitro benzene ring substituents is 1. The van der Waals surface area contributed by atoms with Gasteiger partial charge in [0.25, 0.3) is 0 Å². The first-order chi connectivity index (χ1) is 10.1. The molecule has 110 valence electrons. The quantitative estimate of drug-likeness (QED) is 0.464. The molecule has 0 fully saturated rings. The van der Waals surface area contributed by atoms with Crippen LogP contribution in [0.4, 0.5) is 5.69 Å². The van der Waals surface area contributed by atoms with Crippen molar-refractivity contribution in [1.82, 2.24) is 0 Å². The highest BCUT2D eigenvalue weighted by atomic mass is 32.2. The van der Waals surface area contributed by atoms with Crippen LogP contribution in [0.15, 0.2) is 48.5 Å². The third-order valence-corrected chi connectivity index (χ3v) is 3.31. The fourth-order valence-electron chi connectivity index (χ4n) is 1.79. The molecular weight excluding hydrogens is 294 g/mol. The molecule has 21 heavy (non-hydrogen) atoms. The molecule has 7 heteroatoms. The van der Waals surface area contributed by atoms with Gasteiger partial charge >= 0.3 is 5.69 Å². The Hall–Kier alpha value is -2.25. The number of hydrogen-bond donors (Lipinski definition) is 0. The Morgan fingerprint density at radius 3 is 2.43 bits per heavy atom. The first kappa shape index (κ1) is 15.1. The van der Waals surface area contributed by atoms with Crippen molar-refractivity contribution >= 4 is 16.8 Å². The van der Waals surface area contributed by atoms with E-state index in [9.17, 15) is 18.9 Å². The van der Waals surface area contributed by atoms with E-state index in [0.29, 0.717) is 5.56 Å². The molecule has 2 aromatic carbocycles. The average Bonchev–Trinajstić information content (AvgIpc) is 2.46. The van der Waals surface area contributed by atoms with E-state index in [4.69, 9.17) is 4.74 Å². The van der Waals surface area contributed by atoms with E-state index in [0.717, 1.165) is 5.56 Å². The molecule has 2 aromatic rings. The molecule has 0 aromatic heterocycles. The van der Waals surface area contributed by atoms with Crippen LogP contribution in [0.3, 0.4) is 0 Å². The molecule has 0 amide bonds. The summed E-state index contributed by atoms with van der Waals surface area (Å²) in [6, 6.07) is 13.4. The van der Waals surface area contributed by atoms with E-state index in [2.05, 4.69) is 0 Å². The lowest BCUT2D eigenvalue weighted by Gasteiger charge is -2.09. The second-order valence-electron chi connectivity index (χ2n) is 4.28. The molecule has 0 saturated heterocycles. The summed E-state index contributed by atoms with van der Waals surface area (Å²) >= 11 is -2.29. The Labute approximate surface area is 123 Å². The summed E-state index contributed by atoms with van der Waals surface area (Å²) < 4.78 is 26.7. The number of nitro groups is 1. The second-order valence-corrected chi connectivity index (χ2v) is 5.18. The third-order valence-electron chi connectivity index (χ3n) is 2.74. The predicted octanol–water partition coefficient (Wildman–Crippen LogP) is 2.55. The van der Waals surface area contributed by atoms with Crippen LogP contribution in [0.1, 0.15) is 11.1 Å². The summed E-state index contributed by atoms with van der Waals surface area (Å²) in [4.78, 5) is 10.5. The summed E-state index contributed by atoms with van der Waals surface area (Å²) in [5.41, 5.74) is 0.993. The van der Waals surface area contributed by atoms with Gasteiger partial charge in [0, 0.05) is 11.8 Å². The average molecular weight is 306 g/mol. The molecule has 6 nitrogen and oxygen atoms in total. The summed E-state index contributed by atoms with van der Waals surface area (Å²) in [5, 5.41) is 11.0. The maximum atomic E-state index is 11.0. The van der Waals surface area contributed by atoms with E-state index in [1.54, 1.807) is 0 Å². The van der Waals surface area contributed by atoms with Crippen molar-refractivity contribution in [2.75, 3.05) is 0 Å². The van der Waals surface area contributed by atoms with Crippen LogP contribution in [-0.2, 0) is 23.4 Å². The smallest absolute Gasteiger partial charge is 0.311 e. The minimum absolute atomic E-state index is 0.115. The zero-order chi connectivity index (χ0) is 15.2. The molecule has 0 spiro atoms. The van der Waals surface area contributed by atoms with Crippen molar-refractivity contribution in [2.24, 2.45) is 0 Å². The van der Waals surface area contributed by atoms with Gasteiger partial charge in [-0.25, -0.2) is 0 Å². The minimum atomic E-state index is -2.29. The fraction of sp³-hybridized carbons (Fsp3) is 0.143. The fourth-order valence-corrected chi connectivity index (χ4v) is 2.24. The predicted molar refractivity (Wildman–Crippen MR) is 76.5 cm³/mol. The zero-order valence-electron chi connectivity index (χ0n) is 10.9. The molecule has 1 atom stereocenters. The van der Waals surface area contributed by atoms with Crippen molar-refractivity contribution in [2.45, 2.75) is 12.4 Å². The Bertz CT molecular complexity index is 660. The first-order valence-electron chi connectivity index (χ1n) is 6.06. The minimum Gasteiger partial charge on any atom is -0.772 e. The van der Waals surface area contributed by atoms with Crippen LogP contribution in [0.25, 0.3) is 0 Å². The van der Waals surface area contributed by atoms with Gasteiger partial charge in [0.15, 0.2) is 5.75 Å². The number of benzene rings is 2. The van der Waals surface area contributed by atoms with E-state index in [1.165, 1.54) is 18.2 Å². The van der Waals surface area contributed by atoms with Crippen molar-refractivity contribution in [3.8, 4) is 5.75 Å². The van der Waals surface area contributed by atoms with Gasteiger partial charge in [-0.3, -0.25) is 14.3 Å². The van der Waals surface area contributed by atoms with Crippen LogP contribution in [-0.4, -0.2) is 13.7 Å². The summed E-state index contributed by atoms with van der Waals surface area (Å²) in [6.07, 6.45) is 0. The van der Waals surface area contributed by atoms with Gasteiger partial charge in [-0.15, -0.1) is 0 Å². The number of nitrogens with zero attached hydrogens (tertiary/aromatic N) is 1. The van der Waals surface area contributed by atoms with Gasteiger partial charge in [-0.1, -0.05) is 47.5 Å². The second kappa shape index (κ2) is 6.96. The topological polar surface area (TPSA) is 92.5 Å².